The lowest BCUT2D eigenvalue weighted by Crippen LogP contribution is -2.33. The number of carbonyl (C=O) groups excluding carboxylic acids is 1. The number of anilines is 1. The number of benzene rings is 3. The van der Waals surface area contributed by atoms with Crippen LogP contribution in [0, 0.1) is 6.92 Å². The Balaban J connectivity index is 1.42. The molecule has 1 saturated heterocycles. The molecule has 3 aromatic carbocycles. The summed E-state index contributed by atoms with van der Waals surface area (Å²) in [6, 6.07) is 26.9. The van der Waals surface area contributed by atoms with Crippen LogP contribution in [0.2, 0.25) is 0 Å². The molecule has 0 spiro atoms. The van der Waals surface area contributed by atoms with Gasteiger partial charge in [-0.05, 0) is 55.8 Å². The van der Waals surface area contributed by atoms with Crippen LogP contribution >= 0.6 is 24.0 Å². The van der Waals surface area contributed by atoms with Crippen molar-refractivity contribution in [2.45, 2.75) is 20.3 Å². The fourth-order valence-electron chi connectivity index (χ4n) is 5.00. The molecule has 0 radical (unpaired) electrons. The Morgan fingerprint density at radius 1 is 0.953 bits per heavy atom. The summed E-state index contributed by atoms with van der Waals surface area (Å²) >= 11 is 6.85. The summed E-state index contributed by atoms with van der Waals surface area (Å²) < 4.78 is 11.3. The molecule has 10 heteroatoms. The van der Waals surface area contributed by atoms with Gasteiger partial charge in [-0.3, -0.25) is 19.2 Å². The topological polar surface area (TPSA) is 74.3 Å². The largest absolute Gasteiger partial charge is 0.494 e. The summed E-state index contributed by atoms with van der Waals surface area (Å²) in [4.78, 5) is 29.4. The number of ether oxygens (including phenoxy) is 1. The van der Waals surface area contributed by atoms with Crippen molar-refractivity contribution in [1.29, 1.82) is 0 Å². The Bertz CT molecular complexity index is 1920. The zero-order valence-corrected chi connectivity index (χ0v) is 25.6. The predicted molar refractivity (Wildman–Crippen MR) is 176 cm³/mol. The minimum absolute atomic E-state index is 0.248. The van der Waals surface area contributed by atoms with Crippen molar-refractivity contribution >= 4 is 46.0 Å². The Kier molecular flexibility index (Phi) is 7.88. The van der Waals surface area contributed by atoms with Gasteiger partial charge in [0.25, 0.3) is 11.5 Å². The van der Waals surface area contributed by atoms with Crippen LogP contribution in [0.4, 0.5) is 5.69 Å². The van der Waals surface area contributed by atoms with E-state index in [1.807, 2.05) is 98.0 Å². The number of carbonyl (C=O) groups is 1. The van der Waals surface area contributed by atoms with Crippen LogP contribution in [0.15, 0.2) is 101 Å². The van der Waals surface area contributed by atoms with Crippen LogP contribution in [-0.4, -0.2) is 36.0 Å². The minimum Gasteiger partial charge on any atom is -0.494 e. The predicted octanol–water partition coefficient (Wildman–Crippen LogP) is 6.53. The van der Waals surface area contributed by atoms with Gasteiger partial charge in [-0.2, -0.15) is 5.10 Å². The maximum absolute atomic E-state index is 13.9. The van der Waals surface area contributed by atoms with E-state index in [1.54, 1.807) is 27.2 Å². The second-order valence-corrected chi connectivity index (χ2v) is 11.7. The standard InChI is InChI=1S/C33H29N5O3S2/c1-4-18-41-27-17-11-12-23(19-27)29-24(21-36(34-29)25-13-7-5-8-14-25)20-28-31(39)37(33(42)43-28)30-22(2)35(3)38(32(30)40)26-15-9-6-10-16-26/h5-17,19-21H,4,18H2,1-3H3. The number of hydrogen-bond donors (Lipinski definition) is 0. The molecule has 0 bridgehead atoms. The van der Waals surface area contributed by atoms with Crippen LogP contribution in [0.3, 0.4) is 0 Å². The van der Waals surface area contributed by atoms with Crippen molar-refractivity contribution in [2.75, 3.05) is 11.5 Å². The second kappa shape index (κ2) is 11.9. The van der Waals surface area contributed by atoms with Gasteiger partial charge in [-0.15, -0.1) is 0 Å². The van der Waals surface area contributed by atoms with Crippen molar-refractivity contribution in [2.24, 2.45) is 7.05 Å². The van der Waals surface area contributed by atoms with Gasteiger partial charge >= 0.3 is 0 Å². The first-order chi connectivity index (χ1) is 20.9. The maximum Gasteiger partial charge on any atom is 0.296 e. The molecule has 0 N–H and O–H groups in total. The normalized spacial score (nSPS) is 14.2. The van der Waals surface area contributed by atoms with E-state index < -0.39 is 0 Å². The molecule has 0 unspecified atom stereocenters. The molecular formula is C33H29N5O3S2. The van der Waals surface area contributed by atoms with E-state index in [2.05, 4.69) is 6.92 Å². The molecule has 1 amide bonds. The Hall–Kier alpha value is -4.67. The summed E-state index contributed by atoms with van der Waals surface area (Å²) in [5, 5.41) is 4.90. The number of nitrogens with zero attached hydrogens (tertiary/aromatic N) is 5. The van der Waals surface area contributed by atoms with Crippen LogP contribution < -0.4 is 15.2 Å². The molecule has 216 valence electrons. The van der Waals surface area contributed by atoms with Crippen LogP contribution in [0.5, 0.6) is 5.75 Å². The van der Waals surface area contributed by atoms with Gasteiger partial charge in [0.05, 0.1) is 28.6 Å². The monoisotopic (exact) mass is 607 g/mol. The molecule has 0 aliphatic carbocycles. The van der Waals surface area contributed by atoms with E-state index in [1.165, 1.54) is 16.7 Å². The van der Waals surface area contributed by atoms with Crippen molar-refractivity contribution in [1.82, 2.24) is 19.1 Å². The lowest BCUT2D eigenvalue weighted by atomic mass is 10.1. The van der Waals surface area contributed by atoms with E-state index in [-0.39, 0.29) is 17.2 Å². The highest BCUT2D eigenvalue weighted by atomic mass is 32.2. The highest BCUT2D eigenvalue weighted by molar-refractivity contribution is 8.27. The highest BCUT2D eigenvalue weighted by Gasteiger charge is 2.38. The molecule has 1 aliphatic heterocycles. The van der Waals surface area contributed by atoms with Gasteiger partial charge in [0.2, 0.25) is 0 Å². The molecular weight excluding hydrogens is 579 g/mol. The first kappa shape index (κ1) is 28.4. The molecule has 43 heavy (non-hydrogen) atoms. The summed E-state index contributed by atoms with van der Waals surface area (Å²) in [6.07, 6.45) is 4.60. The SMILES string of the molecule is CCCOc1cccc(-c2nn(-c3ccccc3)cc2C=C2SC(=S)N(c3c(C)n(C)n(-c4ccccc4)c3=O)C2=O)c1. The highest BCUT2D eigenvalue weighted by Crippen LogP contribution is 2.38. The zero-order chi connectivity index (χ0) is 30.1. The molecule has 3 heterocycles. The molecule has 8 nitrogen and oxygen atoms in total. The van der Waals surface area contributed by atoms with Crippen LogP contribution in [0.1, 0.15) is 24.6 Å². The van der Waals surface area contributed by atoms with E-state index in [0.717, 1.165) is 29.0 Å². The molecule has 2 aromatic heterocycles. The van der Waals surface area contributed by atoms with Crippen molar-refractivity contribution in [3.05, 3.63) is 118 Å². The maximum atomic E-state index is 13.9. The molecule has 1 aliphatic rings. The number of thiocarbonyl (C=S) groups is 1. The number of hydrogen-bond acceptors (Lipinski definition) is 6. The Morgan fingerprint density at radius 2 is 1.65 bits per heavy atom. The summed E-state index contributed by atoms with van der Waals surface area (Å²) in [6.45, 7) is 4.49. The van der Waals surface area contributed by atoms with E-state index >= 15 is 0 Å². The molecule has 6 rings (SSSR count). The third-order valence-corrected chi connectivity index (χ3v) is 8.47. The van der Waals surface area contributed by atoms with Gasteiger partial charge in [-0.25, -0.2) is 9.36 Å². The Labute approximate surface area is 258 Å². The Morgan fingerprint density at radius 3 is 2.35 bits per heavy atom. The summed E-state index contributed by atoms with van der Waals surface area (Å²) in [5.41, 5.74) is 4.44. The first-order valence-corrected chi connectivity index (χ1v) is 15.1. The third-order valence-electron chi connectivity index (χ3n) is 7.17. The van der Waals surface area contributed by atoms with Gasteiger partial charge < -0.3 is 4.74 Å². The lowest BCUT2D eigenvalue weighted by molar-refractivity contribution is -0.113. The average Bonchev–Trinajstić information content (AvgIpc) is 3.64. The van der Waals surface area contributed by atoms with Gasteiger partial charge in [0, 0.05) is 24.4 Å². The fraction of sp³-hybridized carbons (Fsp3) is 0.152. The zero-order valence-electron chi connectivity index (χ0n) is 23.9. The van der Waals surface area contributed by atoms with E-state index in [9.17, 15) is 9.59 Å². The smallest absolute Gasteiger partial charge is 0.296 e. The van der Waals surface area contributed by atoms with Crippen molar-refractivity contribution in [3.63, 3.8) is 0 Å². The van der Waals surface area contributed by atoms with Gasteiger partial charge in [0.1, 0.15) is 17.1 Å². The van der Waals surface area contributed by atoms with Gasteiger partial charge in [-0.1, -0.05) is 79.4 Å². The number of amides is 1. The van der Waals surface area contributed by atoms with Crippen LogP contribution in [0.25, 0.3) is 28.7 Å². The summed E-state index contributed by atoms with van der Waals surface area (Å²) in [7, 11) is 1.79. The first-order valence-electron chi connectivity index (χ1n) is 13.9. The number of rotatable bonds is 8. The third kappa shape index (κ3) is 5.35. The summed E-state index contributed by atoms with van der Waals surface area (Å²) in [5.74, 6) is 0.402. The minimum atomic E-state index is -0.348. The molecule has 1 fully saturated rings. The average molecular weight is 608 g/mol. The molecule has 0 atom stereocenters. The molecule has 0 saturated carbocycles. The number of thioether (sulfide) groups is 1. The molecule has 5 aromatic rings. The van der Waals surface area contributed by atoms with Crippen molar-refractivity contribution in [3.8, 4) is 28.4 Å². The van der Waals surface area contributed by atoms with Crippen molar-refractivity contribution < 1.29 is 9.53 Å². The van der Waals surface area contributed by atoms with Gasteiger partial charge in [0.15, 0.2) is 4.32 Å². The lowest BCUT2D eigenvalue weighted by Gasteiger charge is -2.12. The fourth-order valence-corrected chi connectivity index (χ4v) is 6.26. The number of aromatic nitrogens is 4. The van der Waals surface area contributed by atoms with E-state index in [4.69, 9.17) is 22.1 Å². The van der Waals surface area contributed by atoms with E-state index in [0.29, 0.717) is 32.9 Å². The second-order valence-electron chi connectivity index (χ2n) is 10.0. The van der Waals surface area contributed by atoms with Crippen LogP contribution in [-0.2, 0) is 11.8 Å². The number of para-hydroxylation sites is 2. The quantitative estimate of drug-likeness (QED) is 0.148.